The minimum atomic E-state index is -3.20. The molecule has 0 saturated heterocycles. The van der Waals surface area contributed by atoms with Gasteiger partial charge >= 0.3 is 7.60 Å². The summed E-state index contributed by atoms with van der Waals surface area (Å²) in [6.45, 7) is 8.57. The zero-order chi connectivity index (χ0) is 15.8. The fourth-order valence-corrected chi connectivity index (χ4v) is 4.24. The highest BCUT2D eigenvalue weighted by Gasteiger charge is 2.25. The molecule has 0 aromatic rings. The maximum atomic E-state index is 11.8. The van der Waals surface area contributed by atoms with Crippen molar-refractivity contribution in [3.63, 3.8) is 0 Å². The standard InChI is InChI=1S/C13H29O5PSi/c1-12(18-20(4,5)6)9-7-8-10-13(14)11-19(15,16-2)17-3/h12H,7-11H2,1-6H3. The molecule has 1 atom stereocenters. The molecule has 5 nitrogen and oxygen atoms in total. The van der Waals surface area contributed by atoms with Crippen LogP contribution in [0, 0.1) is 0 Å². The van der Waals surface area contributed by atoms with Crippen LogP contribution in [0.5, 0.6) is 0 Å². The molecule has 0 N–H and O–H groups in total. The molecule has 0 aromatic carbocycles. The van der Waals surface area contributed by atoms with Gasteiger partial charge in [-0.25, -0.2) is 0 Å². The van der Waals surface area contributed by atoms with Crippen molar-refractivity contribution < 1.29 is 22.8 Å². The van der Waals surface area contributed by atoms with Crippen LogP contribution in [-0.2, 0) is 22.8 Å². The van der Waals surface area contributed by atoms with Crippen molar-refractivity contribution in [1.29, 1.82) is 0 Å². The first-order valence-electron chi connectivity index (χ1n) is 7.02. The van der Waals surface area contributed by atoms with Crippen LogP contribution in [0.3, 0.4) is 0 Å². The quantitative estimate of drug-likeness (QED) is 0.328. The van der Waals surface area contributed by atoms with Crippen molar-refractivity contribution in [3.8, 4) is 0 Å². The molecule has 0 radical (unpaired) electrons. The predicted octanol–water partition coefficient (Wildman–Crippen LogP) is 3.84. The van der Waals surface area contributed by atoms with Crippen LogP contribution >= 0.6 is 7.60 Å². The Morgan fingerprint density at radius 1 is 1.15 bits per heavy atom. The minimum absolute atomic E-state index is 0.0733. The van der Waals surface area contributed by atoms with E-state index in [0.29, 0.717) is 6.42 Å². The lowest BCUT2D eigenvalue weighted by molar-refractivity contribution is -0.117. The Bertz CT molecular complexity index is 332. The number of Topliss-reactive ketones (excluding diaryl/α,β-unsaturated/α-hetero) is 1. The van der Waals surface area contributed by atoms with Crippen LogP contribution in [0.25, 0.3) is 0 Å². The lowest BCUT2D eigenvalue weighted by atomic mass is 10.1. The average molecular weight is 324 g/mol. The van der Waals surface area contributed by atoms with Crippen LogP contribution < -0.4 is 0 Å². The highest BCUT2D eigenvalue weighted by molar-refractivity contribution is 7.54. The van der Waals surface area contributed by atoms with E-state index >= 15 is 0 Å². The summed E-state index contributed by atoms with van der Waals surface area (Å²) in [6.07, 6.45) is 3.18. The Morgan fingerprint density at radius 2 is 1.70 bits per heavy atom. The largest absolute Gasteiger partial charge is 0.415 e. The number of hydrogen-bond acceptors (Lipinski definition) is 5. The van der Waals surface area contributed by atoms with Crippen LogP contribution in [0.2, 0.25) is 19.6 Å². The van der Waals surface area contributed by atoms with Crippen molar-refractivity contribution in [2.75, 3.05) is 20.4 Å². The molecule has 0 bridgehead atoms. The summed E-state index contributed by atoms with van der Waals surface area (Å²) in [7, 11) is -2.09. The van der Waals surface area contributed by atoms with Crippen molar-refractivity contribution in [2.45, 2.75) is 58.4 Å². The predicted molar refractivity (Wildman–Crippen MR) is 83.9 cm³/mol. The second kappa shape index (κ2) is 9.10. The second-order valence-electron chi connectivity index (χ2n) is 5.96. The van der Waals surface area contributed by atoms with E-state index in [1.54, 1.807) is 0 Å². The van der Waals surface area contributed by atoms with Crippen molar-refractivity contribution >= 4 is 21.7 Å². The molecule has 0 aliphatic heterocycles. The first-order valence-corrected chi connectivity index (χ1v) is 12.2. The van der Waals surface area contributed by atoms with E-state index in [0.717, 1.165) is 19.3 Å². The average Bonchev–Trinajstić information content (AvgIpc) is 2.32. The van der Waals surface area contributed by atoms with E-state index in [1.807, 2.05) is 0 Å². The number of ketones is 1. The third kappa shape index (κ3) is 9.83. The topological polar surface area (TPSA) is 61.8 Å². The van der Waals surface area contributed by atoms with Crippen LogP contribution in [-0.4, -0.2) is 40.6 Å². The molecule has 0 aliphatic rings. The first kappa shape index (κ1) is 20.0. The lowest BCUT2D eigenvalue weighted by Gasteiger charge is -2.23. The molecule has 7 heteroatoms. The minimum Gasteiger partial charge on any atom is -0.415 e. The monoisotopic (exact) mass is 324 g/mol. The van der Waals surface area contributed by atoms with Gasteiger partial charge in [-0.2, -0.15) is 0 Å². The summed E-state index contributed by atoms with van der Waals surface area (Å²) in [5.74, 6) is -0.0733. The van der Waals surface area contributed by atoms with Gasteiger partial charge < -0.3 is 13.5 Å². The highest BCUT2D eigenvalue weighted by Crippen LogP contribution is 2.46. The molecule has 20 heavy (non-hydrogen) atoms. The molecule has 0 aromatic heterocycles. The molecule has 0 fully saturated rings. The van der Waals surface area contributed by atoms with Gasteiger partial charge in [-0.15, -0.1) is 0 Å². The van der Waals surface area contributed by atoms with Gasteiger partial charge in [0.25, 0.3) is 0 Å². The normalized spacial score (nSPS) is 14.3. The molecule has 0 spiro atoms. The first-order chi connectivity index (χ1) is 9.12. The molecule has 0 aliphatic carbocycles. The van der Waals surface area contributed by atoms with Crippen molar-refractivity contribution in [3.05, 3.63) is 0 Å². The third-order valence-corrected chi connectivity index (χ3v) is 5.76. The summed E-state index contributed by atoms with van der Waals surface area (Å²) in [6, 6.07) is 0. The van der Waals surface area contributed by atoms with Gasteiger partial charge in [0.15, 0.2) is 8.32 Å². The van der Waals surface area contributed by atoms with E-state index in [2.05, 4.69) is 26.6 Å². The zero-order valence-electron chi connectivity index (χ0n) is 13.6. The van der Waals surface area contributed by atoms with E-state index in [4.69, 9.17) is 13.5 Å². The maximum absolute atomic E-state index is 11.8. The number of carbonyl (C=O) groups is 1. The van der Waals surface area contributed by atoms with Gasteiger partial charge in [-0.05, 0) is 39.4 Å². The number of rotatable bonds is 11. The number of unbranched alkanes of at least 4 members (excludes halogenated alkanes) is 1. The molecule has 0 saturated carbocycles. The number of hydrogen-bond donors (Lipinski definition) is 0. The molecule has 120 valence electrons. The SMILES string of the molecule is COP(=O)(CC(=O)CCCCC(C)O[Si](C)(C)C)OC. The summed E-state index contributed by atoms with van der Waals surface area (Å²) < 4.78 is 27.2. The summed E-state index contributed by atoms with van der Waals surface area (Å²) in [4.78, 5) is 11.7. The number of carbonyl (C=O) groups excluding carboxylic acids is 1. The van der Waals surface area contributed by atoms with Gasteiger partial charge in [0.1, 0.15) is 11.9 Å². The zero-order valence-corrected chi connectivity index (χ0v) is 15.5. The van der Waals surface area contributed by atoms with Crippen molar-refractivity contribution in [1.82, 2.24) is 0 Å². The Kier molecular flexibility index (Phi) is 9.10. The summed E-state index contributed by atoms with van der Waals surface area (Å²) in [5, 5.41) is 0. The van der Waals surface area contributed by atoms with Gasteiger partial charge in [0.2, 0.25) is 0 Å². The molecule has 1 unspecified atom stereocenters. The molecule has 0 rings (SSSR count). The fourth-order valence-electron chi connectivity index (χ4n) is 1.92. The highest BCUT2D eigenvalue weighted by atomic mass is 31.2. The molecule has 0 amide bonds. The summed E-state index contributed by atoms with van der Waals surface area (Å²) in [5.41, 5.74) is 0. The van der Waals surface area contributed by atoms with Gasteiger partial charge in [-0.3, -0.25) is 9.36 Å². The maximum Gasteiger partial charge on any atom is 0.337 e. The molecular weight excluding hydrogens is 295 g/mol. The Labute approximate surface area is 124 Å². The van der Waals surface area contributed by atoms with Crippen LogP contribution in [0.1, 0.15) is 32.6 Å². The van der Waals surface area contributed by atoms with Crippen LogP contribution in [0.15, 0.2) is 0 Å². The van der Waals surface area contributed by atoms with E-state index in [1.165, 1.54) is 14.2 Å². The molecule has 0 heterocycles. The smallest absolute Gasteiger partial charge is 0.337 e. The Morgan fingerprint density at radius 3 is 2.15 bits per heavy atom. The third-order valence-electron chi connectivity index (χ3n) is 2.80. The van der Waals surface area contributed by atoms with E-state index in [-0.39, 0.29) is 18.0 Å². The summed E-state index contributed by atoms with van der Waals surface area (Å²) >= 11 is 0. The van der Waals surface area contributed by atoms with Crippen LogP contribution in [0.4, 0.5) is 0 Å². The van der Waals surface area contributed by atoms with Crippen molar-refractivity contribution in [2.24, 2.45) is 0 Å². The Hall–Kier alpha value is -0.00312. The van der Waals surface area contributed by atoms with E-state index < -0.39 is 15.9 Å². The van der Waals surface area contributed by atoms with Gasteiger partial charge in [0, 0.05) is 26.7 Å². The van der Waals surface area contributed by atoms with Gasteiger partial charge in [0.05, 0.1) is 0 Å². The molecular formula is C13H29O5PSi. The van der Waals surface area contributed by atoms with E-state index in [9.17, 15) is 9.36 Å². The fraction of sp³-hybridized carbons (Fsp3) is 0.923. The van der Waals surface area contributed by atoms with Gasteiger partial charge in [-0.1, -0.05) is 6.42 Å². The second-order valence-corrected chi connectivity index (χ2v) is 12.7. The Balaban J connectivity index is 3.86. The lowest BCUT2D eigenvalue weighted by Crippen LogP contribution is -2.30.